The van der Waals surface area contributed by atoms with Crippen molar-refractivity contribution in [2.75, 3.05) is 0 Å². The molecule has 0 aliphatic carbocycles. The highest BCUT2D eigenvalue weighted by Crippen LogP contribution is 2.33. The minimum Gasteiger partial charge on any atom is -0.370 e. The Morgan fingerprint density at radius 2 is 2.10 bits per heavy atom. The predicted octanol–water partition coefficient (Wildman–Crippen LogP) is 3.12. The van der Waals surface area contributed by atoms with Crippen LogP contribution in [0.3, 0.4) is 0 Å². The van der Waals surface area contributed by atoms with Gasteiger partial charge in [-0.25, -0.2) is 4.99 Å². The lowest BCUT2D eigenvalue weighted by Crippen LogP contribution is -2.50. The van der Waals surface area contributed by atoms with E-state index in [2.05, 4.69) is 59.3 Å². The standard InChI is InChI=1S/C18H25N3/c1-2-6-15-13-17-12-11-16(21(17)18(19)20-15)10-9-14-7-4-3-5-8-14/h2-8,15-17H,9-13H2,1H3,(H2,19,20)/b6-2-/t15?,16-,17+/m0/s1. The number of aryl methyl sites for hydroxylation is 1. The quantitative estimate of drug-likeness (QED) is 0.863. The monoisotopic (exact) mass is 283 g/mol. The van der Waals surface area contributed by atoms with Crippen molar-refractivity contribution in [1.82, 2.24) is 4.90 Å². The van der Waals surface area contributed by atoms with Crippen LogP contribution in [0.5, 0.6) is 0 Å². The molecule has 3 atom stereocenters. The molecule has 2 aliphatic rings. The van der Waals surface area contributed by atoms with Crippen molar-refractivity contribution in [3.05, 3.63) is 48.0 Å². The van der Waals surface area contributed by atoms with Gasteiger partial charge in [-0.15, -0.1) is 0 Å². The molecule has 0 bridgehead atoms. The highest BCUT2D eigenvalue weighted by Gasteiger charge is 2.38. The first-order chi connectivity index (χ1) is 10.3. The molecule has 21 heavy (non-hydrogen) atoms. The Balaban J connectivity index is 1.65. The van der Waals surface area contributed by atoms with Gasteiger partial charge in [0, 0.05) is 12.1 Å². The van der Waals surface area contributed by atoms with E-state index in [9.17, 15) is 0 Å². The zero-order valence-corrected chi connectivity index (χ0v) is 12.8. The molecule has 0 spiro atoms. The lowest BCUT2D eigenvalue weighted by atomic mass is 10.0. The van der Waals surface area contributed by atoms with Crippen LogP contribution in [-0.4, -0.2) is 29.0 Å². The second-order valence-corrected chi connectivity index (χ2v) is 6.13. The molecule has 0 radical (unpaired) electrons. The Kier molecular flexibility index (Phi) is 4.28. The number of fused-ring (bicyclic) bond motifs is 1. The van der Waals surface area contributed by atoms with Crippen LogP contribution in [0.4, 0.5) is 0 Å². The maximum absolute atomic E-state index is 6.24. The van der Waals surface area contributed by atoms with Crippen LogP contribution in [0.15, 0.2) is 47.5 Å². The van der Waals surface area contributed by atoms with Gasteiger partial charge in [-0.3, -0.25) is 0 Å². The molecule has 0 saturated carbocycles. The van der Waals surface area contributed by atoms with Crippen molar-refractivity contribution >= 4 is 5.96 Å². The third-order valence-corrected chi connectivity index (χ3v) is 4.72. The van der Waals surface area contributed by atoms with Gasteiger partial charge in [-0.1, -0.05) is 42.5 Å². The van der Waals surface area contributed by atoms with Crippen LogP contribution in [0, 0.1) is 0 Å². The Bertz CT molecular complexity index is 521. The highest BCUT2D eigenvalue weighted by molar-refractivity contribution is 5.80. The minimum atomic E-state index is 0.282. The van der Waals surface area contributed by atoms with E-state index >= 15 is 0 Å². The predicted molar refractivity (Wildman–Crippen MR) is 88.3 cm³/mol. The van der Waals surface area contributed by atoms with Crippen LogP contribution in [0.1, 0.15) is 38.2 Å². The summed E-state index contributed by atoms with van der Waals surface area (Å²) >= 11 is 0. The van der Waals surface area contributed by atoms with E-state index in [1.165, 1.54) is 24.8 Å². The normalized spacial score (nSPS) is 28.7. The van der Waals surface area contributed by atoms with E-state index in [4.69, 9.17) is 5.73 Å². The molecule has 0 aromatic heterocycles. The summed E-state index contributed by atoms with van der Waals surface area (Å²) in [7, 11) is 0. The fraction of sp³-hybridized carbons (Fsp3) is 0.500. The first-order valence-electron chi connectivity index (χ1n) is 8.06. The van der Waals surface area contributed by atoms with Crippen LogP contribution in [0.25, 0.3) is 0 Å². The Morgan fingerprint density at radius 1 is 1.29 bits per heavy atom. The van der Waals surface area contributed by atoms with Crippen molar-refractivity contribution in [2.45, 2.75) is 57.2 Å². The Labute approximate surface area is 127 Å². The van der Waals surface area contributed by atoms with Crippen molar-refractivity contribution in [3.63, 3.8) is 0 Å². The minimum absolute atomic E-state index is 0.282. The number of hydrogen-bond acceptors (Lipinski definition) is 3. The zero-order valence-electron chi connectivity index (χ0n) is 12.8. The fourth-order valence-electron chi connectivity index (χ4n) is 3.74. The fourth-order valence-corrected chi connectivity index (χ4v) is 3.74. The van der Waals surface area contributed by atoms with Crippen LogP contribution >= 0.6 is 0 Å². The topological polar surface area (TPSA) is 41.6 Å². The molecular formula is C18H25N3. The summed E-state index contributed by atoms with van der Waals surface area (Å²) in [5, 5.41) is 0. The van der Waals surface area contributed by atoms with E-state index in [1.807, 2.05) is 0 Å². The average molecular weight is 283 g/mol. The number of benzene rings is 1. The summed E-state index contributed by atoms with van der Waals surface area (Å²) in [4.78, 5) is 7.05. The molecule has 3 heteroatoms. The lowest BCUT2D eigenvalue weighted by molar-refractivity contribution is 0.264. The molecule has 0 amide bonds. The van der Waals surface area contributed by atoms with Gasteiger partial charge in [0.25, 0.3) is 0 Å². The molecule has 1 unspecified atom stereocenters. The molecule has 2 aliphatic heterocycles. The largest absolute Gasteiger partial charge is 0.370 e. The van der Waals surface area contributed by atoms with Gasteiger partial charge in [0.05, 0.1) is 6.04 Å². The number of aliphatic imine (C=N–C) groups is 1. The van der Waals surface area contributed by atoms with Crippen molar-refractivity contribution < 1.29 is 0 Å². The first kappa shape index (κ1) is 14.2. The first-order valence-corrected chi connectivity index (χ1v) is 8.06. The summed E-state index contributed by atoms with van der Waals surface area (Å²) in [5.74, 6) is 0.755. The number of allylic oxidation sites excluding steroid dienone is 1. The Morgan fingerprint density at radius 3 is 2.86 bits per heavy atom. The SMILES string of the molecule is C/C=C\C1C[C@H]2CC[C@H](CCc3ccccc3)N2C(N)=N1. The number of guanidine groups is 1. The van der Waals surface area contributed by atoms with E-state index < -0.39 is 0 Å². The van der Waals surface area contributed by atoms with Gasteiger partial charge in [0.15, 0.2) is 5.96 Å². The molecule has 3 rings (SSSR count). The van der Waals surface area contributed by atoms with Gasteiger partial charge < -0.3 is 10.6 Å². The van der Waals surface area contributed by atoms with Crippen LogP contribution in [0.2, 0.25) is 0 Å². The number of nitrogens with two attached hydrogens (primary N) is 1. The molecular weight excluding hydrogens is 258 g/mol. The van der Waals surface area contributed by atoms with Crippen LogP contribution in [-0.2, 0) is 6.42 Å². The summed E-state index contributed by atoms with van der Waals surface area (Å²) in [6, 6.07) is 12.2. The smallest absolute Gasteiger partial charge is 0.192 e. The maximum atomic E-state index is 6.24. The Hall–Kier alpha value is -1.77. The third kappa shape index (κ3) is 3.12. The summed E-state index contributed by atoms with van der Waals surface area (Å²) in [5.41, 5.74) is 7.66. The summed E-state index contributed by atoms with van der Waals surface area (Å²) in [6.07, 6.45) is 10.2. The van der Waals surface area contributed by atoms with E-state index in [-0.39, 0.29) is 6.04 Å². The maximum Gasteiger partial charge on any atom is 0.192 e. The van der Waals surface area contributed by atoms with Gasteiger partial charge in [-0.2, -0.15) is 0 Å². The van der Waals surface area contributed by atoms with Gasteiger partial charge in [-0.05, 0) is 44.6 Å². The second kappa shape index (κ2) is 6.33. The van der Waals surface area contributed by atoms with E-state index in [0.717, 1.165) is 18.8 Å². The molecule has 1 aromatic rings. The molecule has 2 N–H and O–H groups in total. The highest BCUT2D eigenvalue weighted by atomic mass is 15.3. The van der Waals surface area contributed by atoms with Gasteiger partial charge in [0.1, 0.15) is 0 Å². The molecule has 3 nitrogen and oxygen atoms in total. The van der Waals surface area contributed by atoms with E-state index in [0.29, 0.717) is 12.1 Å². The van der Waals surface area contributed by atoms with Crippen molar-refractivity contribution in [2.24, 2.45) is 10.7 Å². The van der Waals surface area contributed by atoms with Gasteiger partial charge >= 0.3 is 0 Å². The van der Waals surface area contributed by atoms with Crippen molar-refractivity contribution in [3.8, 4) is 0 Å². The molecule has 1 aromatic carbocycles. The van der Waals surface area contributed by atoms with Crippen LogP contribution < -0.4 is 5.73 Å². The molecule has 1 fully saturated rings. The average Bonchev–Trinajstić information content (AvgIpc) is 2.90. The number of rotatable bonds is 4. The summed E-state index contributed by atoms with van der Waals surface area (Å²) in [6.45, 7) is 2.05. The lowest BCUT2D eigenvalue weighted by Gasteiger charge is -2.36. The number of nitrogens with zero attached hydrogens (tertiary/aromatic N) is 2. The number of hydrogen-bond donors (Lipinski definition) is 1. The summed E-state index contributed by atoms with van der Waals surface area (Å²) < 4.78 is 0. The zero-order chi connectivity index (χ0) is 14.7. The second-order valence-electron chi connectivity index (χ2n) is 6.13. The van der Waals surface area contributed by atoms with E-state index in [1.54, 1.807) is 0 Å². The molecule has 1 saturated heterocycles. The molecule has 2 heterocycles. The molecule has 112 valence electrons. The third-order valence-electron chi connectivity index (χ3n) is 4.72. The van der Waals surface area contributed by atoms with Crippen molar-refractivity contribution in [1.29, 1.82) is 0 Å². The van der Waals surface area contributed by atoms with Gasteiger partial charge in [0.2, 0.25) is 0 Å².